The molecule has 0 radical (unpaired) electrons. The van der Waals surface area contributed by atoms with Crippen LogP contribution in [0.2, 0.25) is 0 Å². The summed E-state index contributed by atoms with van der Waals surface area (Å²) in [5.74, 6) is 2.88. The summed E-state index contributed by atoms with van der Waals surface area (Å²) in [6.07, 6.45) is 12.3. The number of aliphatic carboxylic acids is 2. The van der Waals surface area contributed by atoms with Crippen LogP contribution in [0.1, 0.15) is 88.2 Å². The molecule has 2 aromatic carbocycles. The molecule has 4 aromatic rings. The van der Waals surface area contributed by atoms with Gasteiger partial charge in [0.1, 0.15) is 23.7 Å². The predicted molar refractivity (Wildman–Crippen MR) is 211 cm³/mol. The number of aromatic nitrogens is 2. The number of ether oxygens (including phenoxy) is 4. The number of carboxylic acid groups (broad SMARTS) is 2. The quantitative estimate of drug-likeness (QED) is 0.101. The molecular weight excluding hydrogens is 709 g/mol. The molecule has 0 spiro atoms. The first-order chi connectivity index (χ1) is 27.2. The molecule has 8 rings (SSSR count). The molecule has 0 amide bonds. The van der Waals surface area contributed by atoms with Crippen molar-refractivity contribution in [2.24, 2.45) is 35.5 Å². The summed E-state index contributed by atoms with van der Waals surface area (Å²) in [5, 5.41) is 18.9. The Kier molecular flexibility index (Phi) is 12.7. The van der Waals surface area contributed by atoms with Gasteiger partial charge in [0, 0.05) is 24.5 Å². The molecule has 2 aromatic heterocycles. The maximum atomic E-state index is 11.5. The van der Waals surface area contributed by atoms with Gasteiger partial charge in [0.2, 0.25) is 11.8 Å². The molecule has 2 N–H and O–H groups in total. The lowest BCUT2D eigenvalue weighted by Gasteiger charge is -2.34. The van der Waals surface area contributed by atoms with Crippen molar-refractivity contribution >= 4 is 11.9 Å². The Bertz CT molecular complexity index is 1740. The van der Waals surface area contributed by atoms with E-state index in [0.29, 0.717) is 48.6 Å². The topological polar surface area (TPSA) is 137 Å². The van der Waals surface area contributed by atoms with E-state index in [0.717, 1.165) is 74.0 Å². The van der Waals surface area contributed by atoms with Crippen molar-refractivity contribution in [3.63, 3.8) is 0 Å². The second-order valence-corrected chi connectivity index (χ2v) is 16.2. The number of rotatable bonds is 18. The SMILES string of the molecule is C[C@H](C(=O)O)[C@H](c1cccc(OCC2CC(Oc3ccccn3)C2)c1)C1CC1.C[C@H](C(=O)O)[C@H](c1cccc(OCC2CC(Oc3ccccn3)C2)c1)C1CC1. The summed E-state index contributed by atoms with van der Waals surface area (Å²) >= 11 is 0. The first kappa shape index (κ1) is 39.1. The lowest BCUT2D eigenvalue weighted by molar-refractivity contribution is -0.143. The molecule has 10 heteroatoms. The van der Waals surface area contributed by atoms with Crippen LogP contribution in [-0.4, -0.2) is 57.5 Å². The average Bonchev–Trinajstić information content (AvgIpc) is 4.12. The maximum absolute atomic E-state index is 11.5. The molecule has 4 saturated carbocycles. The van der Waals surface area contributed by atoms with Crippen molar-refractivity contribution in [2.45, 2.75) is 89.3 Å². The van der Waals surface area contributed by atoms with Crippen molar-refractivity contribution in [3.05, 3.63) is 108 Å². The van der Waals surface area contributed by atoms with Crippen molar-refractivity contribution in [1.29, 1.82) is 0 Å². The van der Waals surface area contributed by atoms with Crippen molar-refractivity contribution in [1.82, 2.24) is 9.97 Å². The van der Waals surface area contributed by atoms with Gasteiger partial charge in [0.05, 0.1) is 25.0 Å². The standard InChI is InChI=1S/2C23H27NO4/c2*1-15(23(25)26)22(17-8-9-17)18-5-4-6-19(13-18)27-14-16-11-20(12-16)28-21-7-2-3-10-24-21/h2*2-7,10,13,15-17,20,22H,8-9,11-12,14H2,1H3,(H,25,26)/t2*15-,16?,20?,22-/m00/s1. The van der Waals surface area contributed by atoms with Crippen LogP contribution in [0.25, 0.3) is 0 Å². The van der Waals surface area contributed by atoms with Gasteiger partial charge in [-0.3, -0.25) is 9.59 Å². The van der Waals surface area contributed by atoms with Gasteiger partial charge >= 0.3 is 11.9 Å². The molecule has 0 bridgehead atoms. The van der Waals surface area contributed by atoms with Crippen molar-refractivity contribution < 1.29 is 38.7 Å². The van der Waals surface area contributed by atoms with Crippen molar-refractivity contribution in [2.75, 3.05) is 13.2 Å². The second kappa shape index (κ2) is 18.2. The minimum atomic E-state index is -0.725. The van der Waals surface area contributed by atoms with Gasteiger partial charge in [0.15, 0.2) is 0 Å². The van der Waals surface area contributed by atoms with E-state index in [1.807, 2.05) is 98.8 Å². The average molecular weight is 763 g/mol. The van der Waals surface area contributed by atoms with Crippen LogP contribution in [0.4, 0.5) is 0 Å². The van der Waals surface area contributed by atoms with Gasteiger partial charge in [0.25, 0.3) is 0 Å². The molecule has 0 saturated heterocycles. The van der Waals surface area contributed by atoms with Crippen LogP contribution in [-0.2, 0) is 9.59 Å². The maximum Gasteiger partial charge on any atom is 0.306 e. The lowest BCUT2D eigenvalue weighted by atomic mass is 9.82. The number of benzene rings is 2. The summed E-state index contributed by atoms with van der Waals surface area (Å²) in [7, 11) is 0. The number of pyridine rings is 2. The monoisotopic (exact) mass is 762 g/mol. The highest BCUT2D eigenvalue weighted by Crippen LogP contribution is 2.48. The lowest BCUT2D eigenvalue weighted by Crippen LogP contribution is -2.37. The molecule has 4 aliphatic carbocycles. The zero-order valence-corrected chi connectivity index (χ0v) is 32.3. The summed E-state index contributed by atoms with van der Waals surface area (Å²) in [6.45, 7) is 4.95. The fraction of sp³-hybridized carbons (Fsp3) is 0.478. The van der Waals surface area contributed by atoms with Crippen LogP contribution < -0.4 is 18.9 Å². The highest BCUT2D eigenvalue weighted by atomic mass is 16.5. The number of hydrogen-bond acceptors (Lipinski definition) is 8. The highest BCUT2D eigenvalue weighted by Gasteiger charge is 2.40. The summed E-state index contributed by atoms with van der Waals surface area (Å²) in [5.41, 5.74) is 2.17. The molecule has 2 heterocycles. The molecule has 0 unspecified atom stereocenters. The molecule has 4 atom stereocenters. The third-order valence-corrected chi connectivity index (χ3v) is 11.8. The van der Waals surface area contributed by atoms with E-state index in [4.69, 9.17) is 18.9 Å². The second-order valence-electron chi connectivity index (χ2n) is 16.2. The molecule has 4 fully saturated rings. The van der Waals surface area contributed by atoms with E-state index in [2.05, 4.69) is 9.97 Å². The van der Waals surface area contributed by atoms with Crippen LogP contribution in [0.5, 0.6) is 23.3 Å². The number of carboxylic acids is 2. The fourth-order valence-corrected chi connectivity index (χ4v) is 8.20. The van der Waals surface area contributed by atoms with Crippen LogP contribution in [0.3, 0.4) is 0 Å². The van der Waals surface area contributed by atoms with Crippen molar-refractivity contribution in [3.8, 4) is 23.3 Å². The van der Waals surface area contributed by atoms with Gasteiger partial charge in [-0.25, -0.2) is 9.97 Å². The first-order valence-electron chi connectivity index (χ1n) is 20.3. The van der Waals surface area contributed by atoms with E-state index < -0.39 is 11.9 Å². The summed E-state index contributed by atoms with van der Waals surface area (Å²) < 4.78 is 23.7. The van der Waals surface area contributed by atoms with Gasteiger partial charge in [-0.2, -0.15) is 0 Å². The third-order valence-electron chi connectivity index (χ3n) is 11.8. The Hall–Kier alpha value is -5.12. The van der Waals surface area contributed by atoms with E-state index in [1.54, 1.807) is 12.4 Å². The molecule has 4 aliphatic rings. The molecular formula is C46H54N2O8. The van der Waals surface area contributed by atoms with Crippen LogP contribution in [0, 0.1) is 35.5 Å². The third kappa shape index (κ3) is 10.6. The zero-order valence-electron chi connectivity index (χ0n) is 32.3. The predicted octanol–water partition coefficient (Wildman–Crippen LogP) is 9.06. The normalized spacial score (nSPS) is 23.3. The smallest absolute Gasteiger partial charge is 0.306 e. The molecule has 0 aliphatic heterocycles. The number of nitrogens with zero attached hydrogens (tertiary/aromatic N) is 2. The van der Waals surface area contributed by atoms with E-state index in [1.165, 1.54) is 0 Å². The fourth-order valence-electron chi connectivity index (χ4n) is 8.20. The Morgan fingerprint density at radius 2 is 1.02 bits per heavy atom. The number of hydrogen-bond donors (Lipinski definition) is 2. The van der Waals surface area contributed by atoms with E-state index in [9.17, 15) is 19.8 Å². The van der Waals surface area contributed by atoms with E-state index >= 15 is 0 Å². The highest BCUT2D eigenvalue weighted by molar-refractivity contribution is 5.71. The van der Waals surface area contributed by atoms with Gasteiger partial charge < -0.3 is 29.2 Å². The van der Waals surface area contributed by atoms with Gasteiger partial charge in [-0.1, -0.05) is 50.2 Å². The summed E-state index contributed by atoms with van der Waals surface area (Å²) in [6, 6.07) is 27.4. The van der Waals surface area contributed by atoms with Crippen LogP contribution in [0.15, 0.2) is 97.3 Å². The number of carbonyl (C=O) groups is 2. The molecule has 296 valence electrons. The largest absolute Gasteiger partial charge is 0.493 e. The molecule has 56 heavy (non-hydrogen) atoms. The van der Waals surface area contributed by atoms with Gasteiger partial charge in [-0.05, 0) is 134 Å². The Morgan fingerprint density at radius 1 is 0.607 bits per heavy atom. The summed E-state index contributed by atoms with van der Waals surface area (Å²) in [4.78, 5) is 31.4. The zero-order chi connectivity index (χ0) is 39.0. The Balaban J connectivity index is 0.000000172. The Morgan fingerprint density at radius 3 is 1.36 bits per heavy atom. The van der Waals surface area contributed by atoms with Crippen LogP contribution >= 0.6 is 0 Å². The van der Waals surface area contributed by atoms with E-state index in [-0.39, 0.29) is 35.9 Å². The minimum absolute atomic E-state index is 0.0703. The van der Waals surface area contributed by atoms with Gasteiger partial charge in [-0.15, -0.1) is 0 Å². The Labute approximate surface area is 329 Å². The minimum Gasteiger partial charge on any atom is -0.493 e. The molecule has 10 nitrogen and oxygen atoms in total. The first-order valence-corrected chi connectivity index (χ1v) is 20.3.